The molecule has 0 spiro atoms. The summed E-state index contributed by atoms with van der Waals surface area (Å²) in [5, 5.41) is 11.6. The number of nitrogens with one attached hydrogen (secondary N) is 3. The van der Waals surface area contributed by atoms with Crippen molar-refractivity contribution < 1.29 is 4.79 Å². The van der Waals surface area contributed by atoms with Gasteiger partial charge in [0.25, 0.3) is 0 Å². The highest BCUT2D eigenvalue weighted by Gasteiger charge is 2.16. The lowest BCUT2D eigenvalue weighted by molar-refractivity contribution is -0.116. The molecule has 6 aromatic rings. The molecule has 0 aliphatic rings. The van der Waals surface area contributed by atoms with Gasteiger partial charge in [0, 0.05) is 41.5 Å². The molecule has 0 saturated carbocycles. The Morgan fingerprint density at radius 1 is 0.919 bits per heavy atom. The molecular formula is C29H25N7O. The highest BCUT2D eigenvalue weighted by atomic mass is 16.1. The molecule has 0 aliphatic heterocycles. The number of amides is 1. The average molecular weight is 488 g/mol. The number of rotatable bonds is 7. The molecule has 8 nitrogen and oxygen atoms in total. The number of fused-ring (bicyclic) bond motifs is 2. The zero-order chi connectivity index (χ0) is 25.2. The number of benzene rings is 2. The van der Waals surface area contributed by atoms with E-state index in [9.17, 15) is 4.79 Å². The van der Waals surface area contributed by atoms with Crippen molar-refractivity contribution in [2.75, 3.05) is 5.32 Å². The monoisotopic (exact) mass is 487 g/mol. The lowest BCUT2D eigenvalue weighted by Gasteiger charge is -2.07. The van der Waals surface area contributed by atoms with Crippen LogP contribution >= 0.6 is 0 Å². The first kappa shape index (κ1) is 22.6. The molecule has 0 atom stereocenters. The van der Waals surface area contributed by atoms with Gasteiger partial charge in [-0.2, -0.15) is 5.10 Å². The number of H-pyrrole nitrogens is 2. The number of hydrogen-bond donors (Lipinski definition) is 3. The second-order valence-electron chi connectivity index (χ2n) is 8.97. The number of aromatic amines is 2. The summed E-state index contributed by atoms with van der Waals surface area (Å²) in [6, 6.07) is 18.1. The molecule has 2 aromatic carbocycles. The van der Waals surface area contributed by atoms with Crippen molar-refractivity contribution in [3.63, 3.8) is 0 Å². The Hall–Kier alpha value is -4.85. The van der Waals surface area contributed by atoms with Gasteiger partial charge in [0.05, 0.1) is 28.4 Å². The number of nitrogens with zero attached hydrogens (tertiary/aromatic N) is 4. The molecule has 6 rings (SSSR count). The Labute approximate surface area is 213 Å². The van der Waals surface area contributed by atoms with Gasteiger partial charge in [-0.15, -0.1) is 0 Å². The molecule has 0 saturated heterocycles. The van der Waals surface area contributed by atoms with Gasteiger partial charge in [-0.05, 0) is 53.9 Å². The maximum Gasteiger partial charge on any atom is 0.224 e. The number of anilines is 1. The predicted molar refractivity (Wildman–Crippen MR) is 146 cm³/mol. The van der Waals surface area contributed by atoms with Crippen molar-refractivity contribution in [3.8, 4) is 33.8 Å². The Morgan fingerprint density at radius 3 is 2.68 bits per heavy atom. The summed E-state index contributed by atoms with van der Waals surface area (Å²) in [6.07, 6.45) is 9.38. The summed E-state index contributed by atoms with van der Waals surface area (Å²) in [7, 11) is 0. The molecule has 4 aromatic heterocycles. The summed E-state index contributed by atoms with van der Waals surface area (Å²) < 4.78 is 0. The Bertz CT molecular complexity index is 1720. The van der Waals surface area contributed by atoms with Crippen LogP contribution in [0.25, 0.3) is 55.7 Å². The van der Waals surface area contributed by atoms with Gasteiger partial charge in [-0.1, -0.05) is 31.5 Å². The molecule has 8 heteroatoms. The fraction of sp³-hybridized carbons (Fsp3) is 0.138. The molecule has 1 amide bonds. The molecule has 0 fully saturated rings. The van der Waals surface area contributed by atoms with Gasteiger partial charge in [0.15, 0.2) is 5.82 Å². The van der Waals surface area contributed by atoms with E-state index in [1.54, 1.807) is 24.8 Å². The topological polar surface area (TPSA) is 112 Å². The molecule has 0 bridgehead atoms. The van der Waals surface area contributed by atoms with E-state index < -0.39 is 0 Å². The summed E-state index contributed by atoms with van der Waals surface area (Å²) in [6.45, 7) is 2.07. The van der Waals surface area contributed by atoms with Crippen LogP contribution < -0.4 is 5.32 Å². The zero-order valence-corrected chi connectivity index (χ0v) is 20.3. The normalized spacial score (nSPS) is 11.3. The Balaban J connectivity index is 1.37. The Kier molecular flexibility index (Phi) is 5.90. The van der Waals surface area contributed by atoms with Crippen LogP contribution in [0.5, 0.6) is 0 Å². The largest absolute Gasteiger partial charge is 0.337 e. The molecule has 4 heterocycles. The van der Waals surface area contributed by atoms with Crippen molar-refractivity contribution in [1.82, 2.24) is 30.1 Å². The first-order valence-corrected chi connectivity index (χ1v) is 12.3. The first-order chi connectivity index (χ1) is 18.2. The summed E-state index contributed by atoms with van der Waals surface area (Å²) in [4.78, 5) is 29.0. The summed E-state index contributed by atoms with van der Waals surface area (Å²) in [5.74, 6) is 0.694. The van der Waals surface area contributed by atoms with E-state index in [0.717, 1.165) is 62.7 Å². The standard InChI is InChI=1S/C29H25N7O/c1-2-3-7-26(37)32-21-14-20(16-31-17-21)19-8-9-24-23(15-19)28(36-35-24)29-33-25-6-4-5-22(27(25)34-29)18-10-12-30-13-11-18/h4-6,8-17H,2-3,7H2,1H3,(H,32,37)(H,33,34)(H,35,36). The number of unbranched alkanes of at least 4 members (excludes halogenated alkanes) is 1. The minimum absolute atomic E-state index is 0.00407. The average Bonchev–Trinajstić information content (AvgIpc) is 3.56. The molecule has 0 unspecified atom stereocenters. The van der Waals surface area contributed by atoms with Crippen LogP contribution in [0.1, 0.15) is 26.2 Å². The smallest absolute Gasteiger partial charge is 0.224 e. The molecule has 182 valence electrons. The van der Waals surface area contributed by atoms with E-state index in [4.69, 9.17) is 4.98 Å². The van der Waals surface area contributed by atoms with E-state index in [0.29, 0.717) is 17.9 Å². The third kappa shape index (κ3) is 4.45. The van der Waals surface area contributed by atoms with E-state index in [2.05, 4.69) is 49.5 Å². The number of pyridine rings is 2. The second kappa shape index (κ2) is 9.66. The third-order valence-corrected chi connectivity index (χ3v) is 6.40. The molecule has 0 aliphatic carbocycles. The maximum atomic E-state index is 12.2. The van der Waals surface area contributed by atoms with Crippen molar-refractivity contribution in [1.29, 1.82) is 0 Å². The van der Waals surface area contributed by atoms with Crippen molar-refractivity contribution in [2.45, 2.75) is 26.2 Å². The molecule has 3 N–H and O–H groups in total. The summed E-state index contributed by atoms with van der Waals surface area (Å²) >= 11 is 0. The van der Waals surface area contributed by atoms with Gasteiger partial charge in [-0.3, -0.25) is 19.9 Å². The van der Waals surface area contributed by atoms with Crippen molar-refractivity contribution in [3.05, 3.63) is 79.4 Å². The zero-order valence-electron chi connectivity index (χ0n) is 20.3. The van der Waals surface area contributed by atoms with E-state index >= 15 is 0 Å². The van der Waals surface area contributed by atoms with Crippen LogP contribution in [0.4, 0.5) is 5.69 Å². The molecule has 0 radical (unpaired) electrons. The SMILES string of the molecule is CCCCC(=O)Nc1cncc(-c2ccc3[nH]nc(-c4nc5c(-c6ccncc6)cccc5[nH]4)c3c2)c1. The van der Waals surface area contributed by atoms with E-state index in [1.807, 2.05) is 42.5 Å². The van der Waals surface area contributed by atoms with Gasteiger partial charge in [0.2, 0.25) is 5.91 Å². The van der Waals surface area contributed by atoms with Crippen LogP contribution in [-0.4, -0.2) is 36.0 Å². The third-order valence-electron chi connectivity index (χ3n) is 6.40. The molecular weight excluding hydrogens is 462 g/mol. The minimum Gasteiger partial charge on any atom is -0.337 e. The van der Waals surface area contributed by atoms with Gasteiger partial charge >= 0.3 is 0 Å². The highest BCUT2D eigenvalue weighted by molar-refractivity contribution is 5.98. The predicted octanol–water partition coefficient (Wildman–Crippen LogP) is 6.36. The van der Waals surface area contributed by atoms with Crippen LogP contribution in [0.3, 0.4) is 0 Å². The van der Waals surface area contributed by atoms with Gasteiger partial charge in [0.1, 0.15) is 5.69 Å². The van der Waals surface area contributed by atoms with Crippen molar-refractivity contribution in [2.24, 2.45) is 0 Å². The summed E-state index contributed by atoms with van der Waals surface area (Å²) in [5.41, 5.74) is 8.13. The highest BCUT2D eigenvalue weighted by Crippen LogP contribution is 2.33. The molecule has 37 heavy (non-hydrogen) atoms. The lowest BCUT2D eigenvalue weighted by atomic mass is 10.0. The number of imidazole rings is 1. The van der Waals surface area contributed by atoms with Crippen molar-refractivity contribution >= 4 is 33.5 Å². The first-order valence-electron chi connectivity index (χ1n) is 12.3. The van der Waals surface area contributed by atoms with Gasteiger partial charge < -0.3 is 10.3 Å². The number of carbonyl (C=O) groups excluding carboxylic acids is 1. The fourth-order valence-corrected chi connectivity index (χ4v) is 4.51. The number of aromatic nitrogens is 6. The van der Waals surface area contributed by atoms with Crippen LogP contribution in [0.2, 0.25) is 0 Å². The fourth-order valence-electron chi connectivity index (χ4n) is 4.51. The number of carbonyl (C=O) groups is 1. The second-order valence-corrected chi connectivity index (χ2v) is 8.97. The Morgan fingerprint density at radius 2 is 1.81 bits per heavy atom. The van der Waals surface area contributed by atoms with Crippen LogP contribution in [0, 0.1) is 0 Å². The van der Waals surface area contributed by atoms with E-state index in [-0.39, 0.29) is 5.91 Å². The number of hydrogen-bond acceptors (Lipinski definition) is 5. The minimum atomic E-state index is 0.00407. The van der Waals surface area contributed by atoms with E-state index in [1.165, 1.54) is 0 Å². The quantitative estimate of drug-likeness (QED) is 0.243. The van der Waals surface area contributed by atoms with Gasteiger partial charge in [-0.25, -0.2) is 4.98 Å². The maximum absolute atomic E-state index is 12.2. The van der Waals surface area contributed by atoms with Crippen LogP contribution in [-0.2, 0) is 4.79 Å². The van der Waals surface area contributed by atoms with Crippen LogP contribution in [0.15, 0.2) is 79.4 Å². The lowest BCUT2D eigenvalue weighted by Crippen LogP contribution is -2.11. The number of para-hydroxylation sites is 1.